The highest BCUT2D eigenvalue weighted by Gasteiger charge is 2.95. The average molecular weight is 581 g/mol. The summed E-state index contributed by atoms with van der Waals surface area (Å²) in [6.45, 7) is 4.49. The molecule has 0 aliphatic rings. The van der Waals surface area contributed by atoms with E-state index in [1.807, 2.05) is 0 Å². The van der Waals surface area contributed by atoms with Crippen LogP contribution >= 0.6 is 0 Å². The molecule has 0 spiro atoms. The lowest BCUT2D eigenvalue weighted by atomic mass is 9.88. The average Bonchev–Trinajstić information content (AvgIpc) is 2.66. The standard InChI is InChI=1S/C11H8F16O3S.C3H7N/c1-2-3-4(12,13)5(14,15)6(16,17)7(18,19)8(20,21)9(22,23)10(24,25)11(26,27)31(28,29)30;1-2-3-4/h2-3H2,1H3,(H,28,29,30);2H,1,3-4H2. The molecule has 21 heteroatoms. The van der Waals surface area contributed by atoms with Gasteiger partial charge in [0.05, 0.1) is 0 Å². The SMILES string of the molecule is C=CCN.CCCC(F)(F)C(F)(F)C(F)(F)C(F)(F)C(F)(F)C(F)(F)C(F)(F)C(F)(F)S(=O)(=O)O. The van der Waals surface area contributed by atoms with Gasteiger partial charge in [0.1, 0.15) is 0 Å². The van der Waals surface area contributed by atoms with Crippen LogP contribution in [-0.2, 0) is 10.1 Å². The van der Waals surface area contributed by atoms with Gasteiger partial charge in [0.15, 0.2) is 0 Å². The summed E-state index contributed by atoms with van der Waals surface area (Å²) < 4.78 is 239. The molecule has 0 amide bonds. The zero-order valence-corrected chi connectivity index (χ0v) is 17.5. The van der Waals surface area contributed by atoms with E-state index in [0.29, 0.717) is 13.5 Å². The molecule has 0 rings (SSSR count). The van der Waals surface area contributed by atoms with E-state index in [1.165, 1.54) is 0 Å². The molecule has 3 N–H and O–H groups in total. The van der Waals surface area contributed by atoms with Gasteiger partial charge in [-0.25, -0.2) is 0 Å². The van der Waals surface area contributed by atoms with Crippen LogP contribution in [0.25, 0.3) is 0 Å². The summed E-state index contributed by atoms with van der Waals surface area (Å²) in [5, 5.41) is -7.77. The van der Waals surface area contributed by atoms with Crippen molar-refractivity contribution in [1.29, 1.82) is 0 Å². The van der Waals surface area contributed by atoms with Crippen LogP contribution < -0.4 is 5.73 Å². The van der Waals surface area contributed by atoms with Crippen molar-refractivity contribution < 1.29 is 83.2 Å². The van der Waals surface area contributed by atoms with Crippen LogP contribution in [0, 0.1) is 0 Å². The molecule has 0 aromatic carbocycles. The predicted octanol–water partition coefficient (Wildman–Crippen LogP) is 5.85. The highest BCUT2D eigenvalue weighted by molar-refractivity contribution is 7.87. The molecular formula is C14H15F16NO3S. The summed E-state index contributed by atoms with van der Waals surface area (Å²) in [4.78, 5) is 0. The van der Waals surface area contributed by atoms with Gasteiger partial charge in [-0.3, -0.25) is 4.55 Å². The second-order valence-corrected chi connectivity index (χ2v) is 7.88. The summed E-state index contributed by atoms with van der Waals surface area (Å²) in [5.74, 6) is -56.6. The number of alkyl halides is 16. The summed E-state index contributed by atoms with van der Waals surface area (Å²) in [6.07, 6.45) is -2.00. The van der Waals surface area contributed by atoms with Crippen molar-refractivity contribution in [3.8, 4) is 0 Å². The maximum absolute atomic E-state index is 13.4. The quantitative estimate of drug-likeness (QED) is 0.183. The minimum atomic E-state index is -8.73. The highest BCUT2D eigenvalue weighted by Crippen LogP contribution is 2.64. The fourth-order valence-corrected chi connectivity index (χ4v) is 2.29. The van der Waals surface area contributed by atoms with Crippen molar-refractivity contribution in [2.24, 2.45) is 5.73 Å². The minimum Gasteiger partial charge on any atom is -0.327 e. The Morgan fingerprint density at radius 3 is 1.17 bits per heavy atom. The van der Waals surface area contributed by atoms with Crippen molar-refractivity contribution in [1.82, 2.24) is 0 Å². The Morgan fingerprint density at radius 1 is 0.686 bits per heavy atom. The molecular weight excluding hydrogens is 566 g/mol. The summed E-state index contributed by atoms with van der Waals surface area (Å²) in [6, 6.07) is 0. The van der Waals surface area contributed by atoms with Crippen LogP contribution in [0.3, 0.4) is 0 Å². The van der Waals surface area contributed by atoms with E-state index in [1.54, 1.807) is 6.08 Å². The van der Waals surface area contributed by atoms with E-state index in [0.717, 1.165) is 0 Å². The van der Waals surface area contributed by atoms with E-state index in [-0.39, 0.29) is 0 Å². The van der Waals surface area contributed by atoms with Crippen molar-refractivity contribution in [2.75, 3.05) is 6.54 Å². The normalized spacial score (nSPS) is 15.4. The second kappa shape index (κ2) is 10.1. The number of halogens is 16. The highest BCUT2D eigenvalue weighted by atomic mass is 32.2. The lowest BCUT2D eigenvalue weighted by Gasteiger charge is -2.43. The summed E-state index contributed by atoms with van der Waals surface area (Å²) in [7, 11) is -7.84. The molecule has 4 nitrogen and oxygen atoms in total. The number of hydrogen-bond acceptors (Lipinski definition) is 3. The monoisotopic (exact) mass is 581 g/mol. The molecule has 0 saturated carbocycles. The Morgan fingerprint density at radius 2 is 0.943 bits per heavy atom. The smallest absolute Gasteiger partial charge is 0.327 e. The Balaban J connectivity index is 0. The largest absolute Gasteiger partial charge is 0.438 e. The Kier molecular flexibility index (Phi) is 10.3. The Labute approximate surface area is 185 Å². The van der Waals surface area contributed by atoms with Gasteiger partial charge >= 0.3 is 56.8 Å². The minimum absolute atomic E-state index is 0.557. The van der Waals surface area contributed by atoms with E-state index < -0.39 is 69.7 Å². The first-order valence-corrected chi connectivity index (χ1v) is 9.72. The first-order valence-electron chi connectivity index (χ1n) is 8.28. The van der Waals surface area contributed by atoms with Gasteiger partial charge in [-0.1, -0.05) is 19.4 Å². The fraction of sp³-hybridized carbons (Fsp3) is 0.857. The molecule has 0 radical (unpaired) electrons. The van der Waals surface area contributed by atoms with Gasteiger partial charge in [-0.2, -0.15) is 78.7 Å². The van der Waals surface area contributed by atoms with E-state index in [4.69, 9.17) is 10.3 Å². The topological polar surface area (TPSA) is 80.4 Å². The van der Waals surface area contributed by atoms with E-state index in [2.05, 4.69) is 6.58 Å². The van der Waals surface area contributed by atoms with Crippen LogP contribution in [0.5, 0.6) is 0 Å². The molecule has 0 aromatic rings. The zero-order chi connectivity index (χ0) is 29.3. The first kappa shape index (κ1) is 35.7. The molecule has 0 aromatic heterocycles. The molecule has 0 saturated heterocycles. The zero-order valence-electron chi connectivity index (χ0n) is 16.7. The second-order valence-electron chi connectivity index (χ2n) is 6.42. The lowest BCUT2D eigenvalue weighted by Crippen LogP contribution is -2.75. The van der Waals surface area contributed by atoms with Gasteiger partial charge < -0.3 is 5.73 Å². The molecule has 35 heavy (non-hydrogen) atoms. The fourth-order valence-electron chi connectivity index (χ4n) is 1.83. The van der Waals surface area contributed by atoms with Gasteiger partial charge in [-0.05, 0) is 0 Å². The van der Waals surface area contributed by atoms with Crippen LogP contribution in [0.4, 0.5) is 70.2 Å². The molecule has 0 aliphatic carbocycles. The van der Waals surface area contributed by atoms with Crippen molar-refractivity contribution >= 4 is 10.1 Å². The van der Waals surface area contributed by atoms with Crippen molar-refractivity contribution in [2.45, 2.75) is 66.5 Å². The third-order valence-electron chi connectivity index (χ3n) is 3.85. The van der Waals surface area contributed by atoms with Crippen LogP contribution in [0.2, 0.25) is 0 Å². The molecule has 0 unspecified atom stereocenters. The Bertz CT molecular complexity index is 840. The number of nitrogens with two attached hydrogens (primary N) is 1. The molecule has 0 heterocycles. The molecule has 0 bridgehead atoms. The first-order chi connectivity index (χ1) is 15.0. The lowest BCUT2D eigenvalue weighted by molar-refractivity contribution is -0.449. The summed E-state index contributed by atoms with van der Waals surface area (Å²) >= 11 is 0. The predicted molar refractivity (Wildman–Crippen MR) is 85.3 cm³/mol. The number of rotatable bonds is 11. The van der Waals surface area contributed by atoms with Gasteiger partial charge in [0.25, 0.3) is 0 Å². The van der Waals surface area contributed by atoms with Crippen LogP contribution in [0.1, 0.15) is 19.8 Å². The molecule has 212 valence electrons. The van der Waals surface area contributed by atoms with Gasteiger partial charge in [0, 0.05) is 13.0 Å². The van der Waals surface area contributed by atoms with E-state index in [9.17, 15) is 78.7 Å². The third-order valence-corrected chi connectivity index (χ3v) is 4.76. The van der Waals surface area contributed by atoms with Gasteiger partial charge in [0.2, 0.25) is 0 Å². The van der Waals surface area contributed by atoms with Crippen molar-refractivity contribution in [3.63, 3.8) is 0 Å². The van der Waals surface area contributed by atoms with E-state index >= 15 is 0 Å². The maximum atomic E-state index is 13.4. The molecule has 0 aliphatic heterocycles. The van der Waals surface area contributed by atoms with Crippen molar-refractivity contribution in [3.05, 3.63) is 12.7 Å². The third kappa shape index (κ3) is 5.30. The maximum Gasteiger partial charge on any atom is 0.438 e. The van der Waals surface area contributed by atoms with Crippen LogP contribution in [-0.4, -0.2) is 66.2 Å². The summed E-state index contributed by atoms with van der Waals surface area (Å²) in [5.41, 5.74) is 4.91. The Hall–Kier alpha value is -1.51. The number of hydrogen-bond donors (Lipinski definition) is 2. The van der Waals surface area contributed by atoms with Gasteiger partial charge in [-0.15, -0.1) is 6.58 Å². The van der Waals surface area contributed by atoms with Crippen LogP contribution in [0.15, 0.2) is 12.7 Å². The molecule has 0 fully saturated rings. The molecule has 0 atom stereocenters.